The number of hydrogen-bond donors (Lipinski definition) is 0. The van der Waals surface area contributed by atoms with Crippen LogP contribution in [0.25, 0.3) is 0 Å². The summed E-state index contributed by atoms with van der Waals surface area (Å²) in [6, 6.07) is 4.19. The normalized spacial score (nSPS) is 20.0. The molecule has 0 spiro atoms. The van der Waals surface area contributed by atoms with Crippen molar-refractivity contribution in [2.24, 2.45) is 0 Å². The van der Waals surface area contributed by atoms with Gasteiger partial charge in [0.25, 0.3) is 5.91 Å². The van der Waals surface area contributed by atoms with E-state index in [1.165, 1.54) is 19.2 Å². The van der Waals surface area contributed by atoms with E-state index < -0.39 is 5.82 Å². The van der Waals surface area contributed by atoms with Gasteiger partial charge in [0.15, 0.2) is 17.4 Å². The molecule has 1 aliphatic carbocycles. The van der Waals surface area contributed by atoms with Gasteiger partial charge in [-0.15, -0.1) is 0 Å². The van der Waals surface area contributed by atoms with Gasteiger partial charge in [-0.05, 0) is 31.9 Å². The number of nitrogens with zero attached hydrogens (tertiary/aromatic N) is 4. The minimum absolute atomic E-state index is 0.0135. The Balaban J connectivity index is 1.65. The first-order valence-corrected chi connectivity index (χ1v) is 8.18. The molecule has 0 bridgehead atoms. The number of rotatable bonds is 3. The third kappa shape index (κ3) is 2.35. The molecule has 0 N–H and O–H groups in total. The second kappa shape index (κ2) is 5.58. The third-order valence-corrected chi connectivity index (χ3v) is 4.72. The highest BCUT2D eigenvalue weighted by Crippen LogP contribution is 2.39. The maximum absolute atomic E-state index is 13.9. The minimum Gasteiger partial charge on any atom is -0.493 e. The van der Waals surface area contributed by atoms with Crippen LogP contribution in [0.15, 0.2) is 18.2 Å². The monoisotopic (exact) mass is 330 g/mol. The number of hydrogen-bond acceptors (Lipinski definition) is 4. The molecule has 1 aliphatic heterocycles. The van der Waals surface area contributed by atoms with Crippen molar-refractivity contribution in [2.45, 2.75) is 38.3 Å². The highest BCUT2D eigenvalue weighted by atomic mass is 19.1. The van der Waals surface area contributed by atoms with Crippen LogP contribution in [0.1, 0.15) is 53.7 Å². The molecule has 2 aromatic rings. The first-order chi connectivity index (χ1) is 11.6. The Morgan fingerprint density at radius 2 is 2.12 bits per heavy atom. The molecule has 6 nitrogen and oxygen atoms in total. The molecule has 1 saturated carbocycles. The van der Waals surface area contributed by atoms with Crippen molar-refractivity contribution in [3.63, 3.8) is 0 Å². The number of amides is 1. The van der Waals surface area contributed by atoms with Crippen molar-refractivity contribution < 1.29 is 13.9 Å². The van der Waals surface area contributed by atoms with Gasteiger partial charge in [0, 0.05) is 12.5 Å². The van der Waals surface area contributed by atoms with Gasteiger partial charge in [0.1, 0.15) is 5.82 Å². The SMILES string of the molecule is COc1c(F)cccc1C(=O)N1CCn2nc(C3CC3)nc2[C@H]1C. The molecule has 1 aromatic heterocycles. The van der Waals surface area contributed by atoms with E-state index in [1.54, 1.807) is 11.0 Å². The second-order valence-electron chi connectivity index (χ2n) is 6.32. The van der Waals surface area contributed by atoms with Crippen molar-refractivity contribution in [1.82, 2.24) is 19.7 Å². The number of methoxy groups -OCH3 is 1. The third-order valence-electron chi connectivity index (χ3n) is 4.72. The van der Waals surface area contributed by atoms with Gasteiger partial charge in [-0.2, -0.15) is 5.10 Å². The van der Waals surface area contributed by atoms with E-state index in [9.17, 15) is 9.18 Å². The average molecular weight is 330 g/mol. The Hall–Kier alpha value is -2.44. The lowest BCUT2D eigenvalue weighted by atomic mass is 10.1. The van der Waals surface area contributed by atoms with Crippen LogP contribution in [0.5, 0.6) is 5.75 Å². The van der Waals surface area contributed by atoms with Crippen molar-refractivity contribution >= 4 is 5.91 Å². The Morgan fingerprint density at radius 3 is 2.83 bits per heavy atom. The lowest BCUT2D eigenvalue weighted by Gasteiger charge is -2.33. The van der Waals surface area contributed by atoms with Gasteiger partial charge in [-0.1, -0.05) is 6.07 Å². The fourth-order valence-electron chi connectivity index (χ4n) is 3.21. The summed E-state index contributed by atoms with van der Waals surface area (Å²) >= 11 is 0. The first-order valence-electron chi connectivity index (χ1n) is 8.18. The molecular weight excluding hydrogens is 311 g/mol. The van der Waals surface area contributed by atoms with Crippen molar-refractivity contribution in [1.29, 1.82) is 0 Å². The molecule has 1 amide bonds. The van der Waals surface area contributed by atoms with Crippen molar-refractivity contribution in [3.8, 4) is 5.75 Å². The summed E-state index contributed by atoms with van der Waals surface area (Å²) in [4.78, 5) is 19.3. The molecule has 0 unspecified atom stereocenters. The molecule has 7 heteroatoms. The lowest BCUT2D eigenvalue weighted by molar-refractivity contribution is 0.0626. The van der Waals surface area contributed by atoms with E-state index in [2.05, 4.69) is 10.1 Å². The number of fused-ring (bicyclic) bond motifs is 1. The zero-order valence-electron chi connectivity index (χ0n) is 13.7. The van der Waals surface area contributed by atoms with Crippen LogP contribution in [-0.2, 0) is 6.54 Å². The van der Waals surface area contributed by atoms with Gasteiger partial charge in [0.2, 0.25) is 0 Å². The molecule has 126 valence electrons. The summed E-state index contributed by atoms with van der Waals surface area (Å²) in [5, 5.41) is 4.56. The summed E-state index contributed by atoms with van der Waals surface area (Å²) in [6.45, 7) is 3.04. The number of carbonyl (C=O) groups is 1. The van der Waals surface area contributed by atoms with E-state index >= 15 is 0 Å². The van der Waals surface area contributed by atoms with Crippen LogP contribution in [-0.4, -0.2) is 39.2 Å². The Labute approximate surface area is 139 Å². The van der Waals surface area contributed by atoms with E-state index in [4.69, 9.17) is 4.74 Å². The summed E-state index contributed by atoms with van der Waals surface area (Å²) in [6.07, 6.45) is 2.28. The number of halogens is 1. The highest BCUT2D eigenvalue weighted by molar-refractivity contribution is 5.97. The van der Waals surface area contributed by atoms with Crippen molar-refractivity contribution in [2.75, 3.05) is 13.7 Å². The van der Waals surface area contributed by atoms with E-state index in [0.717, 1.165) is 24.5 Å². The molecule has 1 aromatic carbocycles. The van der Waals surface area contributed by atoms with Crippen LogP contribution >= 0.6 is 0 Å². The molecule has 4 rings (SSSR count). The molecule has 2 aliphatic rings. The van der Waals surface area contributed by atoms with E-state index in [-0.39, 0.29) is 23.3 Å². The topological polar surface area (TPSA) is 60.2 Å². The molecule has 1 fully saturated rings. The summed E-state index contributed by atoms with van der Waals surface area (Å²) < 4.78 is 20.9. The van der Waals surface area contributed by atoms with Gasteiger partial charge in [-0.25, -0.2) is 14.1 Å². The fourth-order valence-corrected chi connectivity index (χ4v) is 3.21. The zero-order valence-corrected chi connectivity index (χ0v) is 13.7. The number of aromatic nitrogens is 3. The van der Waals surface area contributed by atoms with Crippen molar-refractivity contribution in [3.05, 3.63) is 41.2 Å². The standard InChI is InChI=1S/C17H19FN4O2/c1-10-16-19-15(11-6-7-11)20-22(16)9-8-21(10)17(23)12-4-3-5-13(18)14(12)24-2/h3-5,10-11H,6-9H2,1-2H3/t10-/m1/s1. The maximum atomic E-state index is 13.9. The smallest absolute Gasteiger partial charge is 0.258 e. The Bertz CT molecular complexity index is 800. The van der Waals surface area contributed by atoms with Gasteiger partial charge in [0.05, 0.1) is 25.3 Å². The number of ether oxygens (including phenoxy) is 1. The van der Waals surface area contributed by atoms with Crippen LogP contribution in [0, 0.1) is 5.82 Å². The first kappa shape index (κ1) is 15.1. The predicted molar refractivity (Wildman–Crippen MR) is 84.4 cm³/mol. The predicted octanol–water partition coefficient (Wildman–Crippen LogP) is 2.52. The van der Waals surface area contributed by atoms with Gasteiger partial charge < -0.3 is 9.64 Å². The molecule has 24 heavy (non-hydrogen) atoms. The average Bonchev–Trinajstić information content (AvgIpc) is 3.34. The quantitative estimate of drug-likeness (QED) is 0.868. The maximum Gasteiger partial charge on any atom is 0.258 e. The lowest BCUT2D eigenvalue weighted by Crippen LogP contribution is -2.41. The zero-order chi connectivity index (χ0) is 16.8. The van der Waals surface area contributed by atoms with Crippen LogP contribution in [0.2, 0.25) is 0 Å². The molecule has 0 radical (unpaired) electrons. The Kier molecular flexibility index (Phi) is 3.51. The van der Waals surface area contributed by atoms with Gasteiger partial charge in [-0.3, -0.25) is 4.79 Å². The Morgan fingerprint density at radius 1 is 1.33 bits per heavy atom. The number of benzene rings is 1. The second-order valence-corrected chi connectivity index (χ2v) is 6.32. The van der Waals surface area contributed by atoms with Crippen LogP contribution in [0.4, 0.5) is 4.39 Å². The molecule has 1 atom stereocenters. The summed E-state index contributed by atoms with van der Waals surface area (Å²) in [7, 11) is 1.37. The van der Waals surface area contributed by atoms with E-state index in [1.807, 2.05) is 11.6 Å². The van der Waals surface area contributed by atoms with E-state index in [0.29, 0.717) is 19.0 Å². The van der Waals surface area contributed by atoms with Crippen LogP contribution < -0.4 is 4.74 Å². The molecule has 2 heterocycles. The summed E-state index contributed by atoms with van der Waals surface area (Å²) in [5.74, 6) is 1.36. The molecular formula is C17H19FN4O2. The molecule has 0 saturated heterocycles. The minimum atomic E-state index is -0.535. The summed E-state index contributed by atoms with van der Waals surface area (Å²) in [5.41, 5.74) is 0.236. The van der Waals surface area contributed by atoms with Crippen LogP contribution in [0.3, 0.4) is 0 Å². The number of carbonyl (C=O) groups excluding carboxylic acids is 1. The van der Waals surface area contributed by atoms with Gasteiger partial charge >= 0.3 is 0 Å². The highest BCUT2D eigenvalue weighted by Gasteiger charge is 2.35. The largest absolute Gasteiger partial charge is 0.493 e. The fraction of sp³-hybridized carbons (Fsp3) is 0.471. The number of para-hydroxylation sites is 1.